The van der Waals surface area contributed by atoms with Gasteiger partial charge in [-0.15, -0.1) is 0 Å². The Balaban J connectivity index is -0.0000000383. The van der Waals surface area contributed by atoms with Gasteiger partial charge < -0.3 is 24.4 Å². The predicted molar refractivity (Wildman–Crippen MR) is 20.8 cm³/mol. The third-order valence-corrected chi connectivity index (χ3v) is 0. The van der Waals surface area contributed by atoms with Gasteiger partial charge in [0.05, 0.1) is 5.09 Å². The molecule has 0 bridgehead atoms. The maximum absolute atomic E-state index is 8.52. The van der Waals surface area contributed by atoms with Crippen molar-refractivity contribution in [3.05, 3.63) is 15.3 Å². The maximum Gasteiger partial charge on any atom is 2.00 e. The van der Waals surface area contributed by atoms with Crippen LogP contribution in [-0.4, -0.2) is 22.6 Å². The van der Waals surface area contributed by atoms with Gasteiger partial charge in [-0.25, -0.2) is 0 Å². The summed E-state index contributed by atoms with van der Waals surface area (Å²) in [5, 5.41) is 14.8. The van der Waals surface area contributed by atoms with E-state index in [1.165, 1.54) is 0 Å². The van der Waals surface area contributed by atoms with Gasteiger partial charge >= 0.3 is 46.0 Å². The van der Waals surface area contributed by atoms with Crippen LogP contribution in [0.2, 0.25) is 0 Å². The molecule has 0 aromatic carbocycles. The molecular formula is NNaNiO7S. The van der Waals surface area contributed by atoms with E-state index in [2.05, 4.69) is 0 Å². The quantitative estimate of drug-likeness (QED) is 0.136. The molecule has 0 aromatic heterocycles. The zero-order valence-electron chi connectivity index (χ0n) is 5.03. The minimum absolute atomic E-state index is 0. The molecule has 0 radical (unpaired) electrons. The first-order chi connectivity index (χ1) is 3.73. The Morgan fingerprint density at radius 1 is 1.09 bits per heavy atom. The fraction of sp³-hybridized carbons (Fsp3) is 0. The third kappa shape index (κ3) is 2440. The van der Waals surface area contributed by atoms with Crippen LogP contribution < -0.4 is 29.6 Å². The Labute approximate surface area is 93.9 Å². The van der Waals surface area contributed by atoms with Crippen molar-refractivity contribution >= 4 is 10.4 Å². The van der Waals surface area contributed by atoms with Gasteiger partial charge in [0, 0.05) is 10.4 Å². The molecule has 0 aliphatic carbocycles. The molecule has 11 heteroatoms. The summed E-state index contributed by atoms with van der Waals surface area (Å²) in [7, 11) is -5.17. The molecular weight excluding hydrogens is 240 g/mol. The van der Waals surface area contributed by atoms with E-state index in [1.807, 2.05) is 0 Å². The SMILES string of the molecule is O=S(=O)([O-])[O-].O=[N+]([O-])[O-].[Na+].[Ni+2]. The molecule has 0 N–H and O–H groups in total. The number of hydrogen-bond acceptors (Lipinski definition) is 7. The fourth-order valence-corrected chi connectivity index (χ4v) is 0. The standard InChI is InChI=1S/NO3.Na.Ni.H2O4S/c2-1(3)4;;;1-5(2,3)4/h;;;(H2,1,2,3,4)/q-1;+1;+2;/p-2. The van der Waals surface area contributed by atoms with Gasteiger partial charge in [-0.2, -0.15) is 0 Å². The van der Waals surface area contributed by atoms with Crippen molar-refractivity contribution in [2.75, 3.05) is 0 Å². The van der Waals surface area contributed by atoms with E-state index in [0.29, 0.717) is 0 Å². The molecule has 0 aliphatic rings. The Morgan fingerprint density at radius 2 is 1.09 bits per heavy atom. The van der Waals surface area contributed by atoms with E-state index in [4.69, 9.17) is 32.8 Å². The molecule has 0 saturated heterocycles. The van der Waals surface area contributed by atoms with Crippen LogP contribution in [-0.2, 0) is 26.9 Å². The van der Waals surface area contributed by atoms with E-state index >= 15 is 0 Å². The molecule has 0 amide bonds. The monoisotopic (exact) mass is 239 g/mol. The van der Waals surface area contributed by atoms with Crippen LogP contribution in [0.25, 0.3) is 0 Å². The summed E-state index contributed by atoms with van der Waals surface area (Å²) in [6.45, 7) is 0. The number of rotatable bonds is 0. The summed E-state index contributed by atoms with van der Waals surface area (Å²) < 4.78 is 34.1. The predicted octanol–water partition coefficient (Wildman–Crippen LogP) is -4.58. The molecule has 11 heavy (non-hydrogen) atoms. The largest absolute Gasteiger partial charge is 2.00 e. The molecule has 64 valence electrons. The maximum atomic E-state index is 8.52. The van der Waals surface area contributed by atoms with Crippen molar-refractivity contribution in [2.45, 2.75) is 0 Å². The van der Waals surface area contributed by atoms with Gasteiger partial charge in [0.2, 0.25) is 0 Å². The summed E-state index contributed by atoms with van der Waals surface area (Å²) in [4.78, 5) is 8.25. The van der Waals surface area contributed by atoms with Crippen molar-refractivity contribution in [3.63, 3.8) is 0 Å². The molecule has 0 atom stereocenters. The molecule has 0 unspecified atom stereocenters. The Hall–Kier alpha value is 0.564. The Kier molecular flexibility index (Phi) is 21.7. The summed E-state index contributed by atoms with van der Waals surface area (Å²) in [5.74, 6) is 0. The van der Waals surface area contributed by atoms with Crippen LogP contribution in [0, 0.1) is 15.3 Å². The summed E-state index contributed by atoms with van der Waals surface area (Å²) in [6, 6.07) is 0. The van der Waals surface area contributed by atoms with Crippen LogP contribution in [0.3, 0.4) is 0 Å². The first-order valence-electron chi connectivity index (χ1n) is 1.21. The van der Waals surface area contributed by atoms with Crippen molar-refractivity contribution < 1.29 is 68.7 Å². The fourth-order valence-electron chi connectivity index (χ4n) is 0. The van der Waals surface area contributed by atoms with Gasteiger partial charge in [-0.3, -0.25) is 8.42 Å². The van der Waals surface area contributed by atoms with Gasteiger partial charge in [0.25, 0.3) is 0 Å². The molecule has 0 spiro atoms. The number of hydrogen-bond donors (Lipinski definition) is 0. The van der Waals surface area contributed by atoms with Crippen LogP contribution in [0.5, 0.6) is 0 Å². The van der Waals surface area contributed by atoms with Crippen molar-refractivity contribution in [1.82, 2.24) is 0 Å². The number of nitrogens with zero attached hydrogens (tertiary/aromatic N) is 1. The van der Waals surface area contributed by atoms with E-state index in [1.54, 1.807) is 0 Å². The third-order valence-electron chi connectivity index (χ3n) is 0. The van der Waals surface area contributed by atoms with E-state index in [9.17, 15) is 0 Å². The smallest absolute Gasteiger partial charge is 0.759 e. The van der Waals surface area contributed by atoms with Crippen LogP contribution in [0.15, 0.2) is 0 Å². The molecule has 0 saturated carbocycles. The first-order valence-corrected chi connectivity index (χ1v) is 2.55. The second-order valence-corrected chi connectivity index (χ2v) is 1.45. The van der Waals surface area contributed by atoms with Crippen molar-refractivity contribution in [2.24, 2.45) is 0 Å². The Morgan fingerprint density at radius 3 is 1.09 bits per heavy atom. The summed E-state index contributed by atoms with van der Waals surface area (Å²) in [5.41, 5.74) is 0. The van der Waals surface area contributed by atoms with Crippen LogP contribution in [0.4, 0.5) is 0 Å². The van der Waals surface area contributed by atoms with Gasteiger partial charge in [-0.1, -0.05) is 0 Å². The second-order valence-electron chi connectivity index (χ2n) is 0.632. The van der Waals surface area contributed by atoms with E-state index in [-0.39, 0.29) is 46.0 Å². The van der Waals surface area contributed by atoms with Crippen molar-refractivity contribution in [1.29, 1.82) is 0 Å². The topological polar surface area (TPSA) is 146 Å². The minimum atomic E-state index is -5.17. The van der Waals surface area contributed by atoms with E-state index in [0.717, 1.165) is 0 Å². The van der Waals surface area contributed by atoms with Crippen molar-refractivity contribution in [3.8, 4) is 0 Å². The summed E-state index contributed by atoms with van der Waals surface area (Å²) >= 11 is 0. The normalized spacial score (nSPS) is 7.45. The summed E-state index contributed by atoms with van der Waals surface area (Å²) in [6.07, 6.45) is 0. The van der Waals surface area contributed by atoms with Crippen LogP contribution in [0.1, 0.15) is 0 Å². The zero-order chi connectivity index (χ0) is 8.08. The average molecular weight is 240 g/mol. The molecule has 0 heterocycles. The molecule has 0 aromatic rings. The Bertz CT molecular complexity index is 161. The first kappa shape index (κ1) is 22.6. The molecule has 0 aliphatic heterocycles. The minimum Gasteiger partial charge on any atom is -0.759 e. The van der Waals surface area contributed by atoms with Crippen LogP contribution >= 0.6 is 0 Å². The van der Waals surface area contributed by atoms with Gasteiger partial charge in [0.1, 0.15) is 0 Å². The van der Waals surface area contributed by atoms with E-state index < -0.39 is 15.5 Å². The second kappa shape index (κ2) is 10.6. The zero-order valence-corrected chi connectivity index (χ0v) is 8.83. The van der Waals surface area contributed by atoms with Gasteiger partial charge in [-0.05, 0) is 0 Å². The van der Waals surface area contributed by atoms with Gasteiger partial charge in [0.15, 0.2) is 0 Å². The average Bonchev–Trinajstić information content (AvgIpc) is 1.19. The molecule has 8 nitrogen and oxygen atoms in total. The molecule has 0 fully saturated rings. The molecule has 0 rings (SSSR count).